The van der Waals surface area contributed by atoms with Crippen molar-refractivity contribution in [3.63, 3.8) is 0 Å². The van der Waals surface area contributed by atoms with Crippen molar-refractivity contribution in [2.75, 3.05) is 0 Å². The lowest BCUT2D eigenvalue weighted by Crippen LogP contribution is -2.50. The van der Waals surface area contributed by atoms with Crippen LogP contribution in [0.15, 0.2) is 0 Å². The van der Waals surface area contributed by atoms with Gasteiger partial charge in [-0.15, -0.1) is 0 Å². The zero-order valence-electron chi connectivity index (χ0n) is 13.1. The zero-order valence-corrected chi connectivity index (χ0v) is 13.1. The summed E-state index contributed by atoms with van der Waals surface area (Å²) in [4.78, 5) is 0. The van der Waals surface area contributed by atoms with Crippen molar-refractivity contribution in [2.45, 2.75) is 96.9 Å². The first-order chi connectivity index (χ1) is 8.10. The van der Waals surface area contributed by atoms with Crippen LogP contribution < -0.4 is 5.32 Å². The van der Waals surface area contributed by atoms with Gasteiger partial charge in [0.15, 0.2) is 0 Å². The van der Waals surface area contributed by atoms with E-state index < -0.39 is 0 Å². The molecule has 1 saturated carbocycles. The highest BCUT2D eigenvalue weighted by molar-refractivity contribution is 5.00. The van der Waals surface area contributed by atoms with E-state index in [2.05, 4.69) is 46.9 Å². The molecule has 18 heavy (non-hydrogen) atoms. The third kappa shape index (κ3) is 3.27. The Morgan fingerprint density at radius 2 is 1.67 bits per heavy atom. The van der Waals surface area contributed by atoms with Crippen LogP contribution in [0.3, 0.4) is 0 Å². The fourth-order valence-corrected chi connectivity index (χ4v) is 3.95. The molecular formula is C16H31NO. The van der Waals surface area contributed by atoms with Crippen LogP contribution in [0.25, 0.3) is 0 Å². The summed E-state index contributed by atoms with van der Waals surface area (Å²) < 4.78 is 6.18. The number of hydrogen-bond acceptors (Lipinski definition) is 2. The molecule has 0 aromatic carbocycles. The summed E-state index contributed by atoms with van der Waals surface area (Å²) in [7, 11) is 0. The normalized spacial score (nSPS) is 37.7. The van der Waals surface area contributed by atoms with E-state index in [0.717, 1.165) is 6.42 Å². The van der Waals surface area contributed by atoms with Crippen LogP contribution in [0.5, 0.6) is 0 Å². The second-order valence-corrected chi connectivity index (χ2v) is 8.35. The van der Waals surface area contributed by atoms with Gasteiger partial charge in [-0.2, -0.15) is 0 Å². The van der Waals surface area contributed by atoms with E-state index in [1.807, 2.05) is 0 Å². The monoisotopic (exact) mass is 253 g/mol. The topological polar surface area (TPSA) is 21.3 Å². The Balaban J connectivity index is 1.97. The summed E-state index contributed by atoms with van der Waals surface area (Å²) >= 11 is 0. The summed E-state index contributed by atoms with van der Waals surface area (Å²) in [6.45, 7) is 13.7. The Morgan fingerprint density at radius 3 is 2.17 bits per heavy atom. The van der Waals surface area contributed by atoms with Crippen molar-refractivity contribution in [2.24, 2.45) is 5.41 Å². The molecule has 0 amide bonds. The number of nitrogens with one attached hydrogen (secondary N) is 1. The van der Waals surface area contributed by atoms with Gasteiger partial charge in [0.1, 0.15) is 0 Å². The summed E-state index contributed by atoms with van der Waals surface area (Å²) in [6, 6.07) is 1.17. The van der Waals surface area contributed by atoms with Crippen molar-refractivity contribution in [3.8, 4) is 0 Å². The number of rotatable bonds is 2. The molecule has 2 unspecified atom stereocenters. The standard InChI is InChI=1S/C16H31NO/c1-14(2)9-7-8-12(10-14)17-13-11-15(3,4)18-16(13,5)6/h12-13,17H,7-11H2,1-6H3. The molecule has 2 rings (SSSR count). The van der Waals surface area contributed by atoms with Crippen LogP contribution in [-0.2, 0) is 4.74 Å². The minimum atomic E-state index is -0.0366. The molecule has 2 nitrogen and oxygen atoms in total. The summed E-state index contributed by atoms with van der Waals surface area (Å²) in [5.41, 5.74) is 0.492. The maximum Gasteiger partial charge on any atom is 0.0787 e. The molecule has 2 fully saturated rings. The van der Waals surface area contributed by atoms with E-state index >= 15 is 0 Å². The van der Waals surface area contributed by atoms with Gasteiger partial charge in [-0.05, 0) is 58.8 Å². The first kappa shape index (κ1) is 14.3. The van der Waals surface area contributed by atoms with Gasteiger partial charge in [0.25, 0.3) is 0 Å². The Morgan fingerprint density at radius 1 is 1.00 bits per heavy atom. The Kier molecular flexibility index (Phi) is 3.57. The van der Waals surface area contributed by atoms with Crippen LogP contribution >= 0.6 is 0 Å². The van der Waals surface area contributed by atoms with Crippen LogP contribution in [0.4, 0.5) is 0 Å². The van der Waals surface area contributed by atoms with Gasteiger partial charge >= 0.3 is 0 Å². The second-order valence-electron chi connectivity index (χ2n) is 8.35. The van der Waals surface area contributed by atoms with Crippen molar-refractivity contribution in [1.29, 1.82) is 0 Å². The van der Waals surface area contributed by atoms with Crippen molar-refractivity contribution in [1.82, 2.24) is 5.32 Å². The van der Waals surface area contributed by atoms with Gasteiger partial charge < -0.3 is 10.1 Å². The van der Waals surface area contributed by atoms with E-state index in [0.29, 0.717) is 17.5 Å². The maximum absolute atomic E-state index is 6.18. The lowest BCUT2D eigenvalue weighted by Gasteiger charge is -2.39. The fourth-order valence-electron chi connectivity index (χ4n) is 3.95. The smallest absolute Gasteiger partial charge is 0.0787 e. The van der Waals surface area contributed by atoms with Crippen LogP contribution in [-0.4, -0.2) is 23.3 Å². The molecule has 0 aromatic rings. The largest absolute Gasteiger partial charge is 0.368 e. The molecular weight excluding hydrogens is 222 g/mol. The van der Waals surface area contributed by atoms with Crippen molar-refractivity contribution >= 4 is 0 Å². The first-order valence-corrected chi connectivity index (χ1v) is 7.56. The van der Waals surface area contributed by atoms with Crippen molar-refractivity contribution < 1.29 is 4.74 Å². The van der Waals surface area contributed by atoms with E-state index in [1.165, 1.54) is 25.7 Å². The molecule has 1 N–H and O–H groups in total. The van der Waals surface area contributed by atoms with Crippen LogP contribution in [0.2, 0.25) is 0 Å². The van der Waals surface area contributed by atoms with Gasteiger partial charge in [-0.1, -0.05) is 20.3 Å². The summed E-state index contributed by atoms with van der Waals surface area (Å²) in [5.74, 6) is 0. The third-order valence-corrected chi connectivity index (χ3v) is 4.72. The minimum Gasteiger partial charge on any atom is -0.368 e. The molecule has 2 atom stereocenters. The summed E-state index contributed by atoms with van der Waals surface area (Å²) in [5, 5.41) is 3.89. The highest BCUT2D eigenvalue weighted by Gasteiger charge is 2.46. The predicted molar refractivity (Wildman–Crippen MR) is 76.8 cm³/mol. The van der Waals surface area contributed by atoms with E-state index in [9.17, 15) is 0 Å². The predicted octanol–water partition coefficient (Wildman–Crippen LogP) is 3.89. The molecule has 2 aliphatic rings. The lowest BCUT2D eigenvalue weighted by molar-refractivity contribution is -0.0710. The van der Waals surface area contributed by atoms with Gasteiger partial charge in [0, 0.05) is 12.1 Å². The SMILES string of the molecule is CC1(C)CCCC(NC2CC(C)(C)OC2(C)C)C1. The maximum atomic E-state index is 6.18. The fraction of sp³-hybridized carbons (Fsp3) is 1.00. The third-order valence-electron chi connectivity index (χ3n) is 4.72. The molecule has 106 valence electrons. The lowest BCUT2D eigenvalue weighted by atomic mass is 9.74. The summed E-state index contributed by atoms with van der Waals surface area (Å²) in [6.07, 6.45) is 6.50. The quantitative estimate of drug-likeness (QED) is 0.806. The van der Waals surface area contributed by atoms with Gasteiger partial charge in [0.2, 0.25) is 0 Å². The average Bonchev–Trinajstić information content (AvgIpc) is 2.32. The molecule has 1 aliphatic carbocycles. The van der Waals surface area contributed by atoms with E-state index in [4.69, 9.17) is 4.74 Å². The highest BCUT2D eigenvalue weighted by atomic mass is 16.5. The molecule has 0 bridgehead atoms. The van der Waals surface area contributed by atoms with E-state index in [-0.39, 0.29) is 11.2 Å². The van der Waals surface area contributed by atoms with Gasteiger partial charge in [0.05, 0.1) is 11.2 Å². The second kappa shape index (κ2) is 4.49. The molecule has 1 aliphatic heterocycles. The first-order valence-electron chi connectivity index (χ1n) is 7.56. The molecule has 1 saturated heterocycles. The van der Waals surface area contributed by atoms with Gasteiger partial charge in [-0.3, -0.25) is 0 Å². The molecule has 0 aromatic heterocycles. The van der Waals surface area contributed by atoms with Crippen LogP contribution in [0, 0.1) is 5.41 Å². The number of ether oxygens (including phenoxy) is 1. The van der Waals surface area contributed by atoms with Crippen LogP contribution in [0.1, 0.15) is 73.6 Å². The molecule has 0 radical (unpaired) electrons. The molecule has 2 heteroatoms. The van der Waals surface area contributed by atoms with E-state index in [1.54, 1.807) is 0 Å². The van der Waals surface area contributed by atoms with Crippen molar-refractivity contribution in [3.05, 3.63) is 0 Å². The Bertz CT molecular complexity index is 306. The average molecular weight is 253 g/mol. The Hall–Kier alpha value is -0.0800. The molecule has 1 heterocycles. The zero-order chi connectivity index (χ0) is 13.6. The Labute approximate surface area is 113 Å². The van der Waals surface area contributed by atoms with Gasteiger partial charge in [-0.25, -0.2) is 0 Å². The highest BCUT2D eigenvalue weighted by Crippen LogP contribution is 2.40. The molecule has 0 spiro atoms. The minimum absolute atomic E-state index is 0.0192. The number of hydrogen-bond donors (Lipinski definition) is 1.